The van der Waals surface area contributed by atoms with Crippen LogP contribution in [0.25, 0.3) is 0 Å². The van der Waals surface area contributed by atoms with Crippen molar-refractivity contribution in [1.29, 1.82) is 0 Å². The largest absolute Gasteiger partial charge is 0.494 e. The molecule has 1 aromatic carbocycles. The third kappa shape index (κ3) is 2.63. The third-order valence-corrected chi connectivity index (χ3v) is 3.84. The SMILES string of the molecule is COc1ccc(NC(=O)C2(/C(N)=N/O)CC(C)C2)cc1F. The number of ether oxygens (including phenoxy) is 1. The highest BCUT2D eigenvalue weighted by Gasteiger charge is 2.52. The minimum Gasteiger partial charge on any atom is -0.494 e. The zero-order chi connectivity index (χ0) is 15.6. The molecule has 114 valence electrons. The van der Waals surface area contributed by atoms with Crippen molar-refractivity contribution in [2.24, 2.45) is 22.2 Å². The number of methoxy groups -OCH3 is 1. The first-order valence-electron chi connectivity index (χ1n) is 6.56. The van der Waals surface area contributed by atoms with E-state index in [9.17, 15) is 9.18 Å². The van der Waals surface area contributed by atoms with Gasteiger partial charge in [0.05, 0.1) is 7.11 Å². The Bertz CT molecular complexity index is 583. The zero-order valence-corrected chi connectivity index (χ0v) is 11.9. The molecule has 1 aromatic rings. The molecule has 1 amide bonds. The van der Waals surface area contributed by atoms with Gasteiger partial charge in [0.1, 0.15) is 5.41 Å². The summed E-state index contributed by atoms with van der Waals surface area (Å²) in [6.45, 7) is 1.98. The van der Waals surface area contributed by atoms with Crippen LogP contribution in [0.4, 0.5) is 10.1 Å². The van der Waals surface area contributed by atoms with Gasteiger partial charge in [0.25, 0.3) is 0 Å². The smallest absolute Gasteiger partial charge is 0.238 e. The summed E-state index contributed by atoms with van der Waals surface area (Å²) >= 11 is 0. The fourth-order valence-electron chi connectivity index (χ4n) is 2.73. The maximum atomic E-state index is 13.6. The van der Waals surface area contributed by atoms with Gasteiger partial charge in [-0.05, 0) is 30.9 Å². The molecule has 1 fully saturated rings. The number of nitrogens with one attached hydrogen (secondary N) is 1. The molecule has 1 aliphatic carbocycles. The summed E-state index contributed by atoms with van der Waals surface area (Å²) in [5.41, 5.74) is 4.92. The van der Waals surface area contributed by atoms with Crippen LogP contribution in [-0.2, 0) is 4.79 Å². The van der Waals surface area contributed by atoms with E-state index in [0.29, 0.717) is 24.4 Å². The van der Waals surface area contributed by atoms with Crippen LogP contribution in [0.5, 0.6) is 5.75 Å². The Morgan fingerprint density at radius 3 is 2.71 bits per heavy atom. The number of anilines is 1. The Kier molecular flexibility index (Phi) is 4.02. The van der Waals surface area contributed by atoms with Gasteiger partial charge in [0.15, 0.2) is 17.4 Å². The number of halogens is 1. The lowest BCUT2D eigenvalue weighted by molar-refractivity contribution is -0.127. The van der Waals surface area contributed by atoms with Gasteiger partial charge in [0, 0.05) is 11.8 Å². The fraction of sp³-hybridized carbons (Fsp3) is 0.429. The number of rotatable bonds is 4. The van der Waals surface area contributed by atoms with E-state index in [1.54, 1.807) is 0 Å². The molecule has 1 aliphatic rings. The summed E-state index contributed by atoms with van der Waals surface area (Å²) in [6.07, 6.45) is 0.987. The second kappa shape index (κ2) is 5.59. The van der Waals surface area contributed by atoms with E-state index in [0.717, 1.165) is 0 Å². The molecule has 6 nitrogen and oxygen atoms in total. The van der Waals surface area contributed by atoms with Crippen molar-refractivity contribution in [2.45, 2.75) is 19.8 Å². The molecule has 7 heteroatoms. The van der Waals surface area contributed by atoms with Crippen molar-refractivity contribution in [1.82, 2.24) is 0 Å². The van der Waals surface area contributed by atoms with Crippen LogP contribution in [0.3, 0.4) is 0 Å². The number of hydrogen-bond donors (Lipinski definition) is 3. The standard InChI is InChI=1S/C14H18FN3O3/c1-8-6-14(7-8,12(16)18-20)13(19)17-9-3-4-11(21-2)10(15)5-9/h3-5,8,20H,6-7H2,1-2H3,(H2,16,18)(H,17,19). The molecule has 0 bridgehead atoms. The molecule has 0 atom stereocenters. The maximum Gasteiger partial charge on any atom is 0.238 e. The highest BCUT2D eigenvalue weighted by molar-refractivity contribution is 6.12. The van der Waals surface area contributed by atoms with Crippen molar-refractivity contribution in [3.05, 3.63) is 24.0 Å². The molecule has 2 rings (SSSR count). The third-order valence-electron chi connectivity index (χ3n) is 3.84. The second-order valence-electron chi connectivity index (χ2n) is 5.38. The monoisotopic (exact) mass is 295 g/mol. The molecule has 0 heterocycles. The van der Waals surface area contributed by atoms with E-state index < -0.39 is 17.1 Å². The minimum atomic E-state index is -1.02. The van der Waals surface area contributed by atoms with E-state index in [2.05, 4.69) is 10.5 Å². The zero-order valence-electron chi connectivity index (χ0n) is 11.9. The van der Waals surface area contributed by atoms with E-state index >= 15 is 0 Å². The van der Waals surface area contributed by atoms with Crippen molar-refractivity contribution < 1.29 is 19.1 Å². The van der Waals surface area contributed by atoms with E-state index in [4.69, 9.17) is 15.7 Å². The number of carbonyl (C=O) groups is 1. The van der Waals surface area contributed by atoms with Crippen molar-refractivity contribution in [2.75, 3.05) is 12.4 Å². The van der Waals surface area contributed by atoms with Crippen LogP contribution in [0, 0.1) is 17.2 Å². The highest BCUT2D eigenvalue weighted by atomic mass is 19.1. The topological polar surface area (TPSA) is 96.9 Å². The predicted molar refractivity (Wildman–Crippen MR) is 75.8 cm³/mol. The molecule has 21 heavy (non-hydrogen) atoms. The van der Waals surface area contributed by atoms with Gasteiger partial charge >= 0.3 is 0 Å². The van der Waals surface area contributed by atoms with E-state index in [1.165, 1.54) is 25.3 Å². The van der Waals surface area contributed by atoms with Crippen LogP contribution in [0.2, 0.25) is 0 Å². The average Bonchev–Trinajstić information content (AvgIpc) is 2.42. The summed E-state index contributed by atoms with van der Waals surface area (Å²) in [6, 6.07) is 4.12. The van der Waals surface area contributed by atoms with Crippen molar-refractivity contribution in [3.63, 3.8) is 0 Å². The lowest BCUT2D eigenvalue weighted by Gasteiger charge is -2.43. The Balaban J connectivity index is 2.19. The summed E-state index contributed by atoms with van der Waals surface area (Å²) in [4.78, 5) is 12.4. The number of amidine groups is 1. The van der Waals surface area contributed by atoms with Crippen LogP contribution in [0.15, 0.2) is 23.4 Å². The fourth-order valence-corrected chi connectivity index (χ4v) is 2.73. The quantitative estimate of drug-likeness (QED) is 0.342. The Labute approximate surface area is 121 Å². The normalized spacial score (nSPS) is 25.1. The van der Waals surface area contributed by atoms with Gasteiger partial charge < -0.3 is 21.0 Å². The second-order valence-corrected chi connectivity index (χ2v) is 5.38. The Morgan fingerprint density at radius 2 is 2.24 bits per heavy atom. The first kappa shape index (κ1) is 15.1. The molecule has 0 aromatic heterocycles. The summed E-state index contributed by atoms with van der Waals surface area (Å²) < 4.78 is 18.4. The molecule has 0 saturated heterocycles. The van der Waals surface area contributed by atoms with Crippen LogP contribution in [-0.4, -0.2) is 24.1 Å². The average molecular weight is 295 g/mol. The summed E-state index contributed by atoms with van der Waals surface area (Å²) in [5.74, 6) is -0.692. The molecule has 0 aliphatic heterocycles. The summed E-state index contributed by atoms with van der Waals surface area (Å²) in [5, 5.41) is 14.4. The lowest BCUT2D eigenvalue weighted by Crippen LogP contribution is -2.54. The number of nitrogens with zero attached hydrogens (tertiary/aromatic N) is 1. The predicted octanol–water partition coefficient (Wildman–Crippen LogP) is 1.94. The molecule has 0 spiro atoms. The number of benzene rings is 1. The van der Waals surface area contributed by atoms with Crippen molar-refractivity contribution in [3.8, 4) is 5.75 Å². The number of carbonyl (C=O) groups excluding carboxylic acids is 1. The Morgan fingerprint density at radius 1 is 1.57 bits per heavy atom. The van der Waals surface area contributed by atoms with Gasteiger partial charge in [-0.25, -0.2) is 4.39 Å². The van der Waals surface area contributed by atoms with Crippen molar-refractivity contribution >= 4 is 17.4 Å². The minimum absolute atomic E-state index is 0.0939. The number of oxime groups is 1. The van der Waals surface area contributed by atoms with Crippen LogP contribution >= 0.6 is 0 Å². The molecule has 1 saturated carbocycles. The van der Waals surface area contributed by atoms with Crippen LogP contribution in [0.1, 0.15) is 19.8 Å². The van der Waals surface area contributed by atoms with Gasteiger partial charge in [0.2, 0.25) is 5.91 Å². The van der Waals surface area contributed by atoms with Gasteiger partial charge in [-0.1, -0.05) is 12.1 Å². The Hall–Kier alpha value is -2.31. The molecular formula is C14H18FN3O3. The molecular weight excluding hydrogens is 277 g/mol. The molecule has 4 N–H and O–H groups in total. The highest BCUT2D eigenvalue weighted by Crippen LogP contribution is 2.46. The summed E-state index contributed by atoms with van der Waals surface area (Å²) in [7, 11) is 1.36. The van der Waals surface area contributed by atoms with Gasteiger partial charge in [-0.15, -0.1) is 0 Å². The number of hydrogen-bond acceptors (Lipinski definition) is 4. The molecule has 0 radical (unpaired) electrons. The number of amides is 1. The van der Waals surface area contributed by atoms with E-state index in [1.807, 2.05) is 6.92 Å². The number of nitrogens with two attached hydrogens (primary N) is 1. The first-order chi connectivity index (χ1) is 9.92. The van der Waals surface area contributed by atoms with Gasteiger partial charge in [-0.2, -0.15) is 0 Å². The van der Waals surface area contributed by atoms with Crippen LogP contribution < -0.4 is 15.8 Å². The van der Waals surface area contributed by atoms with Gasteiger partial charge in [-0.3, -0.25) is 4.79 Å². The van der Waals surface area contributed by atoms with E-state index in [-0.39, 0.29) is 11.6 Å². The lowest BCUT2D eigenvalue weighted by atomic mass is 9.61. The first-order valence-corrected chi connectivity index (χ1v) is 6.56. The molecule has 0 unspecified atom stereocenters. The maximum absolute atomic E-state index is 13.6.